The third-order valence-corrected chi connectivity index (χ3v) is 2.46. The van der Waals surface area contributed by atoms with Crippen molar-refractivity contribution >= 4 is 11.9 Å². The summed E-state index contributed by atoms with van der Waals surface area (Å²) >= 11 is 0. The number of hydrogen-bond acceptors (Lipinski definition) is 4. The van der Waals surface area contributed by atoms with Gasteiger partial charge in [0, 0.05) is 13.2 Å². The molecule has 6 nitrogen and oxygen atoms in total. The van der Waals surface area contributed by atoms with E-state index in [9.17, 15) is 9.59 Å². The topological polar surface area (TPSA) is 73.2 Å². The summed E-state index contributed by atoms with van der Waals surface area (Å²) in [5.74, 6) is -0.829. The van der Waals surface area contributed by atoms with Crippen LogP contribution in [0, 0.1) is 5.92 Å². The summed E-state index contributed by atoms with van der Waals surface area (Å²) in [5, 5.41) is 6.53. The lowest BCUT2D eigenvalue weighted by Gasteiger charge is -2.19. The Balaban J connectivity index is 2.78. The lowest BCUT2D eigenvalue weighted by molar-refractivity contribution is -0.144. The summed E-state index contributed by atoms with van der Waals surface area (Å²) in [6, 6.07) is 0.937. The van der Waals surface area contributed by atoms with Crippen molar-refractivity contribution < 1.29 is 14.3 Å². The fraction of sp³-hybridized carbons (Fsp3) is 0.545. The number of nitrogens with one attached hydrogen (secondary N) is 1. The zero-order valence-electron chi connectivity index (χ0n) is 10.4. The summed E-state index contributed by atoms with van der Waals surface area (Å²) < 4.78 is 6.09. The van der Waals surface area contributed by atoms with Gasteiger partial charge in [0.15, 0.2) is 0 Å². The second kappa shape index (κ2) is 5.47. The molecule has 1 atom stereocenters. The molecular weight excluding hydrogens is 222 g/mol. The van der Waals surface area contributed by atoms with Crippen molar-refractivity contribution in [2.45, 2.75) is 19.9 Å². The number of carbonyl (C=O) groups excluding carboxylic acids is 2. The standard InChI is InChI=1S/C11H17N3O3/c1-7(2)9(11(16)17-4)13-10(15)8-5-6-12-14(8)3/h5-7,9H,1-4H3,(H,13,15)/t9-/m0/s1. The van der Waals surface area contributed by atoms with Crippen LogP contribution in [0.15, 0.2) is 12.3 Å². The summed E-state index contributed by atoms with van der Waals surface area (Å²) in [6.45, 7) is 3.68. The number of amides is 1. The van der Waals surface area contributed by atoms with Crippen molar-refractivity contribution in [2.24, 2.45) is 13.0 Å². The summed E-state index contributed by atoms with van der Waals surface area (Å²) in [4.78, 5) is 23.4. The van der Waals surface area contributed by atoms with E-state index in [-0.39, 0.29) is 11.8 Å². The van der Waals surface area contributed by atoms with Crippen LogP contribution in [0.1, 0.15) is 24.3 Å². The van der Waals surface area contributed by atoms with Gasteiger partial charge >= 0.3 is 5.97 Å². The molecule has 1 rings (SSSR count). The molecule has 0 aliphatic carbocycles. The number of carbonyl (C=O) groups is 2. The average Bonchev–Trinajstić information content (AvgIpc) is 2.70. The number of esters is 1. The van der Waals surface area contributed by atoms with Gasteiger partial charge < -0.3 is 10.1 Å². The molecule has 0 aliphatic heterocycles. The monoisotopic (exact) mass is 239 g/mol. The molecule has 1 amide bonds. The lowest BCUT2D eigenvalue weighted by Crippen LogP contribution is -2.45. The minimum Gasteiger partial charge on any atom is -0.467 e. The van der Waals surface area contributed by atoms with E-state index in [2.05, 4.69) is 15.2 Å². The van der Waals surface area contributed by atoms with Crippen molar-refractivity contribution in [3.63, 3.8) is 0 Å². The molecule has 0 radical (unpaired) electrons. The largest absolute Gasteiger partial charge is 0.467 e. The van der Waals surface area contributed by atoms with E-state index >= 15 is 0 Å². The Labute approximate surface area is 99.9 Å². The number of aryl methyl sites for hydroxylation is 1. The molecule has 6 heteroatoms. The second-order valence-corrected chi connectivity index (χ2v) is 4.06. The van der Waals surface area contributed by atoms with Crippen LogP contribution in [-0.2, 0) is 16.6 Å². The predicted octanol–water partition coefficient (Wildman–Crippen LogP) is 0.347. The highest BCUT2D eigenvalue weighted by molar-refractivity contribution is 5.95. The molecule has 0 aliphatic rings. The number of methoxy groups -OCH3 is 1. The Morgan fingerprint density at radius 3 is 2.53 bits per heavy atom. The first-order valence-corrected chi connectivity index (χ1v) is 5.34. The van der Waals surface area contributed by atoms with Crippen LogP contribution in [0.4, 0.5) is 0 Å². The molecule has 0 saturated carbocycles. The van der Waals surface area contributed by atoms with Gasteiger partial charge in [0.25, 0.3) is 5.91 Å². The summed E-state index contributed by atoms with van der Waals surface area (Å²) in [6.07, 6.45) is 1.53. The van der Waals surface area contributed by atoms with E-state index in [1.807, 2.05) is 13.8 Å². The Morgan fingerprint density at radius 2 is 2.12 bits per heavy atom. The summed E-state index contributed by atoms with van der Waals surface area (Å²) in [5.41, 5.74) is 0.402. The SMILES string of the molecule is COC(=O)[C@@H](NC(=O)c1ccnn1C)C(C)C. The molecular formula is C11H17N3O3. The van der Waals surface area contributed by atoms with Gasteiger partial charge in [0.1, 0.15) is 11.7 Å². The second-order valence-electron chi connectivity index (χ2n) is 4.06. The molecule has 1 heterocycles. The molecule has 0 bridgehead atoms. The smallest absolute Gasteiger partial charge is 0.328 e. The molecule has 0 unspecified atom stereocenters. The maximum Gasteiger partial charge on any atom is 0.328 e. The first-order valence-electron chi connectivity index (χ1n) is 5.34. The summed E-state index contributed by atoms with van der Waals surface area (Å²) in [7, 11) is 2.96. The van der Waals surface area contributed by atoms with Gasteiger partial charge in [-0.25, -0.2) is 4.79 Å². The van der Waals surface area contributed by atoms with Crippen LogP contribution in [0.2, 0.25) is 0 Å². The van der Waals surface area contributed by atoms with Gasteiger partial charge in [-0.15, -0.1) is 0 Å². The maximum atomic E-state index is 11.9. The Bertz CT molecular complexity index is 412. The molecule has 1 aromatic rings. The van der Waals surface area contributed by atoms with Gasteiger partial charge in [-0.05, 0) is 12.0 Å². The van der Waals surface area contributed by atoms with Crippen LogP contribution < -0.4 is 5.32 Å². The van der Waals surface area contributed by atoms with Crippen LogP contribution in [0.25, 0.3) is 0 Å². The number of hydrogen-bond donors (Lipinski definition) is 1. The van der Waals surface area contributed by atoms with Crippen LogP contribution in [-0.4, -0.2) is 34.8 Å². The minimum atomic E-state index is -0.651. The third kappa shape index (κ3) is 3.05. The highest BCUT2D eigenvalue weighted by Gasteiger charge is 2.26. The fourth-order valence-electron chi connectivity index (χ4n) is 1.44. The molecule has 0 aromatic carbocycles. The zero-order valence-corrected chi connectivity index (χ0v) is 10.4. The van der Waals surface area contributed by atoms with Crippen molar-refractivity contribution in [3.8, 4) is 0 Å². The molecule has 0 spiro atoms. The highest BCUT2D eigenvalue weighted by Crippen LogP contribution is 2.05. The number of rotatable bonds is 4. The Kier molecular flexibility index (Phi) is 4.25. The van der Waals surface area contributed by atoms with Gasteiger partial charge in [0.2, 0.25) is 0 Å². The van der Waals surface area contributed by atoms with E-state index in [1.54, 1.807) is 13.1 Å². The minimum absolute atomic E-state index is 0.0420. The third-order valence-electron chi connectivity index (χ3n) is 2.46. The van der Waals surface area contributed by atoms with E-state index in [1.165, 1.54) is 18.0 Å². The Hall–Kier alpha value is -1.85. The van der Waals surface area contributed by atoms with Gasteiger partial charge in [-0.2, -0.15) is 5.10 Å². The molecule has 17 heavy (non-hydrogen) atoms. The molecule has 0 saturated heterocycles. The van der Waals surface area contributed by atoms with Gasteiger partial charge in [0.05, 0.1) is 7.11 Å². The normalized spacial score (nSPS) is 12.3. The number of nitrogens with zero attached hydrogens (tertiary/aromatic N) is 2. The van der Waals surface area contributed by atoms with Crippen molar-refractivity contribution in [3.05, 3.63) is 18.0 Å². The van der Waals surface area contributed by atoms with E-state index in [4.69, 9.17) is 0 Å². The fourth-order valence-corrected chi connectivity index (χ4v) is 1.44. The van der Waals surface area contributed by atoms with E-state index in [0.717, 1.165) is 0 Å². The molecule has 1 N–H and O–H groups in total. The van der Waals surface area contributed by atoms with Gasteiger partial charge in [-0.3, -0.25) is 9.48 Å². The van der Waals surface area contributed by atoms with Crippen LogP contribution in [0.5, 0.6) is 0 Å². The molecule has 1 aromatic heterocycles. The van der Waals surface area contributed by atoms with Crippen molar-refractivity contribution in [2.75, 3.05) is 7.11 Å². The lowest BCUT2D eigenvalue weighted by atomic mass is 10.0. The average molecular weight is 239 g/mol. The molecule has 0 fully saturated rings. The quantitative estimate of drug-likeness (QED) is 0.769. The van der Waals surface area contributed by atoms with Crippen molar-refractivity contribution in [1.29, 1.82) is 0 Å². The predicted molar refractivity (Wildman–Crippen MR) is 61.3 cm³/mol. The highest BCUT2D eigenvalue weighted by atomic mass is 16.5. The van der Waals surface area contributed by atoms with E-state index < -0.39 is 12.0 Å². The zero-order chi connectivity index (χ0) is 13.0. The number of aromatic nitrogens is 2. The first kappa shape index (κ1) is 13.2. The Morgan fingerprint density at radius 1 is 1.47 bits per heavy atom. The van der Waals surface area contributed by atoms with Crippen molar-refractivity contribution in [1.82, 2.24) is 15.1 Å². The maximum absolute atomic E-state index is 11.9. The molecule has 94 valence electrons. The van der Waals surface area contributed by atoms with Crippen LogP contribution in [0.3, 0.4) is 0 Å². The van der Waals surface area contributed by atoms with Crippen LogP contribution >= 0.6 is 0 Å². The van der Waals surface area contributed by atoms with E-state index in [0.29, 0.717) is 5.69 Å². The van der Waals surface area contributed by atoms with Gasteiger partial charge in [-0.1, -0.05) is 13.8 Å². The number of ether oxygens (including phenoxy) is 1. The first-order chi connectivity index (χ1) is 7.97.